The third-order valence-electron chi connectivity index (χ3n) is 2.84. The summed E-state index contributed by atoms with van der Waals surface area (Å²) in [5.74, 6) is 1.68. The molecule has 0 aliphatic carbocycles. The van der Waals surface area contributed by atoms with Gasteiger partial charge in [0.15, 0.2) is 0 Å². The van der Waals surface area contributed by atoms with Crippen LogP contribution in [-0.4, -0.2) is 22.1 Å². The van der Waals surface area contributed by atoms with Gasteiger partial charge in [0.1, 0.15) is 5.82 Å². The van der Waals surface area contributed by atoms with Gasteiger partial charge in [-0.2, -0.15) is 0 Å². The van der Waals surface area contributed by atoms with Crippen molar-refractivity contribution in [2.75, 3.05) is 6.54 Å². The zero-order valence-corrected chi connectivity index (χ0v) is 12.1. The molecule has 0 amide bonds. The lowest BCUT2D eigenvalue weighted by Crippen LogP contribution is -2.29. The van der Waals surface area contributed by atoms with Gasteiger partial charge >= 0.3 is 0 Å². The maximum atomic E-state index is 4.46. The van der Waals surface area contributed by atoms with Gasteiger partial charge in [-0.25, -0.2) is 4.98 Å². The van der Waals surface area contributed by atoms with Crippen LogP contribution >= 0.6 is 11.3 Å². The topological polar surface area (TPSA) is 29.9 Å². The molecule has 0 spiro atoms. The summed E-state index contributed by atoms with van der Waals surface area (Å²) in [5, 5.41) is 5.58. The van der Waals surface area contributed by atoms with Gasteiger partial charge in [-0.1, -0.05) is 26.8 Å². The summed E-state index contributed by atoms with van der Waals surface area (Å²) in [6.45, 7) is 8.68. The normalized spacial score (nSPS) is 13.1. The molecule has 2 heterocycles. The zero-order valence-electron chi connectivity index (χ0n) is 11.3. The minimum absolute atomic E-state index is 0.548. The first-order valence-corrected chi connectivity index (χ1v) is 7.33. The zero-order chi connectivity index (χ0) is 13.0. The van der Waals surface area contributed by atoms with Gasteiger partial charge in [0, 0.05) is 25.0 Å². The Morgan fingerprint density at radius 3 is 2.89 bits per heavy atom. The Morgan fingerprint density at radius 1 is 1.39 bits per heavy atom. The van der Waals surface area contributed by atoms with Crippen molar-refractivity contribution in [3.63, 3.8) is 0 Å². The summed E-state index contributed by atoms with van der Waals surface area (Å²) < 4.78 is 2.25. The highest BCUT2D eigenvalue weighted by atomic mass is 32.1. The SMILES string of the molecule is CC(CNC(C)C)Cn1ccnc1-c1cccs1. The van der Waals surface area contributed by atoms with Crippen LogP contribution in [0.3, 0.4) is 0 Å². The maximum Gasteiger partial charge on any atom is 0.149 e. The highest BCUT2D eigenvalue weighted by molar-refractivity contribution is 7.13. The molecule has 1 atom stereocenters. The molecule has 3 nitrogen and oxygen atoms in total. The van der Waals surface area contributed by atoms with Gasteiger partial charge in [-0.05, 0) is 23.9 Å². The molecular formula is C14H21N3S. The summed E-state index contributed by atoms with van der Waals surface area (Å²) in [6.07, 6.45) is 3.96. The van der Waals surface area contributed by atoms with E-state index in [9.17, 15) is 0 Å². The Balaban J connectivity index is 2.00. The number of hydrogen-bond donors (Lipinski definition) is 1. The van der Waals surface area contributed by atoms with Crippen molar-refractivity contribution in [3.8, 4) is 10.7 Å². The largest absolute Gasteiger partial charge is 0.330 e. The first-order valence-electron chi connectivity index (χ1n) is 6.45. The molecule has 2 rings (SSSR count). The fraction of sp³-hybridized carbons (Fsp3) is 0.500. The Labute approximate surface area is 113 Å². The van der Waals surface area contributed by atoms with Gasteiger partial charge in [0.2, 0.25) is 0 Å². The number of hydrogen-bond acceptors (Lipinski definition) is 3. The number of thiophene rings is 1. The van der Waals surface area contributed by atoms with Crippen molar-refractivity contribution < 1.29 is 0 Å². The van der Waals surface area contributed by atoms with E-state index in [1.165, 1.54) is 4.88 Å². The fourth-order valence-electron chi connectivity index (χ4n) is 1.92. The monoisotopic (exact) mass is 263 g/mol. The molecule has 0 radical (unpaired) electrons. The van der Waals surface area contributed by atoms with Crippen LogP contribution < -0.4 is 5.32 Å². The summed E-state index contributed by atoms with van der Waals surface area (Å²) >= 11 is 1.74. The third kappa shape index (κ3) is 3.43. The molecule has 0 bridgehead atoms. The van der Waals surface area contributed by atoms with Gasteiger partial charge in [0.05, 0.1) is 4.88 Å². The number of aromatic nitrogens is 2. The van der Waals surface area contributed by atoms with Crippen LogP contribution in [0.2, 0.25) is 0 Å². The Kier molecular flexibility index (Phi) is 4.55. The molecule has 0 aliphatic heterocycles. The second-order valence-electron chi connectivity index (χ2n) is 5.05. The average molecular weight is 263 g/mol. The van der Waals surface area contributed by atoms with E-state index in [0.29, 0.717) is 12.0 Å². The van der Waals surface area contributed by atoms with E-state index < -0.39 is 0 Å². The van der Waals surface area contributed by atoms with Crippen molar-refractivity contribution in [1.29, 1.82) is 0 Å². The lowest BCUT2D eigenvalue weighted by Gasteiger charge is -2.16. The van der Waals surface area contributed by atoms with E-state index in [1.54, 1.807) is 11.3 Å². The quantitative estimate of drug-likeness (QED) is 0.867. The second-order valence-corrected chi connectivity index (χ2v) is 6.00. The molecule has 1 unspecified atom stereocenters. The number of nitrogens with one attached hydrogen (secondary N) is 1. The molecule has 2 aromatic rings. The molecule has 2 aromatic heterocycles. The maximum absolute atomic E-state index is 4.46. The molecule has 0 aromatic carbocycles. The van der Waals surface area contributed by atoms with Crippen LogP contribution in [0, 0.1) is 5.92 Å². The number of nitrogens with zero attached hydrogens (tertiary/aromatic N) is 2. The van der Waals surface area contributed by atoms with Crippen LogP contribution in [-0.2, 0) is 6.54 Å². The van der Waals surface area contributed by atoms with Gasteiger partial charge in [-0.3, -0.25) is 0 Å². The lowest BCUT2D eigenvalue weighted by molar-refractivity contribution is 0.427. The highest BCUT2D eigenvalue weighted by Gasteiger charge is 2.10. The van der Waals surface area contributed by atoms with E-state index in [4.69, 9.17) is 0 Å². The van der Waals surface area contributed by atoms with E-state index in [-0.39, 0.29) is 0 Å². The molecule has 1 N–H and O–H groups in total. The van der Waals surface area contributed by atoms with Crippen LogP contribution in [0.25, 0.3) is 10.7 Å². The molecule has 18 heavy (non-hydrogen) atoms. The minimum Gasteiger partial charge on any atom is -0.330 e. The molecule has 0 saturated carbocycles. The second kappa shape index (κ2) is 6.16. The van der Waals surface area contributed by atoms with E-state index in [1.807, 2.05) is 6.20 Å². The lowest BCUT2D eigenvalue weighted by atomic mass is 10.1. The standard InChI is InChI=1S/C14H21N3S/c1-11(2)16-9-12(3)10-17-7-6-15-14(17)13-5-4-8-18-13/h4-8,11-12,16H,9-10H2,1-3H3. The molecule has 98 valence electrons. The highest BCUT2D eigenvalue weighted by Crippen LogP contribution is 2.23. The predicted octanol–water partition coefficient (Wildman–Crippen LogP) is 3.25. The molecule has 0 fully saturated rings. The summed E-state index contributed by atoms with van der Waals surface area (Å²) in [7, 11) is 0. The van der Waals surface area contributed by atoms with Crippen molar-refractivity contribution in [2.24, 2.45) is 5.92 Å². The molecule has 0 aliphatic rings. The van der Waals surface area contributed by atoms with Crippen LogP contribution in [0.5, 0.6) is 0 Å². The average Bonchev–Trinajstić information content (AvgIpc) is 2.95. The van der Waals surface area contributed by atoms with E-state index in [2.05, 4.69) is 59.3 Å². The Hall–Kier alpha value is -1.13. The van der Waals surface area contributed by atoms with Crippen molar-refractivity contribution in [1.82, 2.24) is 14.9 Å². The van der Waals surface area contributed by atoms with E-state index in [0.717, 1.165) is 18.9 Å². The number of imidazole rings is 1. The van der Waals surface area contributed by atoms with Crippen LogP contribution in [0.1, 0.15) is 20.8 Å². The van der Waals surface area contributed by atoms with Gasteiger partial charge in [-0.15, -0.1) is 11.3 Å². The summed E-state index contributed by atoms with van der Waals surface area (Å²) in [5.41, 5.74) is 0. The van der Waals surface area contributed by atoms with Crippen molar-refractivity contribution in [2.45, 2.75) is 33.4 Å². The Morgan fingerprint density at radius 2 is 2.22 bits per heavy atom. The molecular weight excluding hydrogens is 242 g/mol. The summed E-state index contributed by atoms with van der Waals surface area (Å²) in [6, 6.07) is 4.75. The summed E-state index contributed by atoms with van der Waals surface area (Å²) in [4.78, 5) is 5.70. The van der Waals surface area contributed by atoms with Crippen LogP contribution in [0.15, 0.2) is 29.9 Å². The van der Waals surface area contributed by atoms with Crippen molar-refractivity contribution in [3.05, 3.63) is 29.9 Å². The number of rotatable bonds is 6. The van der Waals surface area contributed by atoms with Gasteiger partial charge < -0.3 is 9.88 Å². The van der Waals surface area contributed by atoms with E-state index >= 15 is 0 Å². The minimum atomic E-state index is 0.548. The Bertz CT molecular complexity index is 459. The first kappa shape index (κ1) is 13.3. The van der Waals surface area contributed by atoms with Crippen LogP contribution in [0.4, 0.5) is 0 Å². The van der Waals surface area contributed by atoms with Crippen molar-refractivity contribution >= 4 is 11.3 Å². The predicted molar refractivity (Wildman–Crippen MR) is 77.8 cm³/mol. The molecule has 0 saturated heterocycles. The smallest absolute Gasteiger partial charge is 0.149 e. The fourth-order valence-corrected chi connectivity index (χ4v) is 2.66. The van der Waals surface area contributed by atoms with Gasteiger partial charge in [0.25, 0.3) is 0 Å². The third-order valence-corrected chi connectivity index (χ3v) is 3.71. The first-order chi connectivity index (χ1) is 8.66. The molecule has 4 heteroatoms.